The number of amides is 1. The molecule has 0 aliphatic carbocycles. The van der Waals surface area contributed by atoms with Crippen molar-refractivity contribution in [3.05, 3.63) is 29.8 Å². The highest BCUT2D eigenvalue weighted by atomic mass is 16.1. The van der Waals surface area contributed by atoms with Crippen LogP contribution in [-0.2, 0) is 4.79 Å². The molecule has 0 saturated heterocycles. The summed E-state index contributed by atoms with van der Waals surface area (Å²) in [7, 11) is 0. The fourth-order valence-electron chi connectivity index (χ4n) is 1.17. The van der Waals surface area contributed by atoms with Crippen molar-refractivity contribution in [2.45, 2.75) is 6.92 Å². The molecule has 1 amide bonds. The first kappa shape index (κ1) is 11.1. The maximum atomic E-state index is 10.6. The number of anilines is 1. The number of rotatable bonds is 4. The van der Waals surface area contributed by atoms with Crippen molar-refractivity contribution in [3.63, 3.8) is 0 Å². The molecule has 0 radical (unpaired) electrons. The van der Waals surface area contributed by atoms with Crippen LogP contribution < -0.4 is 10.6 Å². The van der Waals surface area contributed by atoms with E-state index in [1.807, 2.05) is 18.2 Å². The molecule has 4 nitrogen and oxygen atoms in total. The summed E-state index contributed by atoms with van der Waals surface area (Å²) < 4.78 is 0. The van der Waals surface area contributed by atoms with Gasteiger partial charge in [0.2, 0.25) is 5.91 Å². The fraction of sp³-hybridized carbons (Fsp3) is 0.273. The standard InChI is InChI=1S/C11H13N3O/c1-9(15)13-6-7-14-11-5-3-2-4-10(11)8-12/h2-5,14H,6-7H2,1H3,(H,13,15). The van der Waals surface area contributed by atoms with Crippen molar-refractivity contribution < 1.29 is 4.79 Å². The van der Waals surface area contributed by atoms with Gasteiger partial charge in [0.05, 0.1) is 11.3 Å². The van der Waals surface area contributed by atoms with Gasteiger partial charge in [0, 0.05) is 20.0 Å². The van der Waals surface area contributed by atoms with Crippen molar-refractivity contribution in [2.24, 2.45) is 0 Å². The van der Waals surface area contributed by atoms with Crippen LogP contribution in [0.4, 0.5) is 5.69 Å². The van der Waals surface area contributed by atoms with Crippen LogP contribution in [0.25, 0.3) is 0 Å². The Morgan fingerprint density at radius 3 is 2.80 bits per heavy atom. The average Bonchev–Trinajstić information content (AvgIpc) is 2.24. The monoisotopic (exact) mass is 203 g/mol. The highest BCUT2D eigenvalue weighted by molar-refractivity contribution is 5.72. The number of nitrogens with one attached hydrogen (secondary N) is 2. The van der Waals surface area contributed by atoms with Gasteiger partial charge in [-0.3, -0.25) is 4.79 Å². The lowest BCUT2D eigenvalue weighted by Crippen LogP contribution is -2.26. The van der Waals surface area contributed by atoms with E-state index in [9.17, 15) is 4.79 Å². The summed E-state index contributed by atoms with van der Waals surface area (Å²) in [4.78, 5) is 10.6. The Morgan fingerprint density at radius 1 is 1.40 bits per heavy atom. The van der Waals surface area contributed by atoms with E-state index in [-0.39, 0.29) is 5.91 Å². The van der Waals surface area contributed by atoms with Gasteiger partial charge in [-0.1, -0.05) is 12.1 Å². The molecule has 0 aliphatic rings. The summed E-state index contributed by atoms with van der Waals surface area (Å²) in [5, 5.41) is 14.6. The molecule has 0 saturated carbocycles. The lowest BCUT2D eigenvalue weighted by atomic mass is 10.2. The Kier molecular flexibility index (Phi) is 4.17. The minimum Gasteiger partial charge on any atom is -0.382 e. The molecule has 2 N–H and O–H groups in total. The Labute approximate surface area is 88.9 Å². The lowest BCUT2D eigenvalue weighted by Gasteiger charge is -2.07. The van der Waals surface area contributed by atoms with Gasteiger partial charge in [0.15, 0.2) is 0 Å². The van der Waals surface area contributed by atoms with Gasteiger partial charge in [0.1, 0.15) is 6.07 Å². The predicted molar refractivity (Wildman–Crippen MR) is 58.3 cm³/mol. The number of nitrogens with zero attached hydrogens (tertiary/aromatic N) is 1. The second kappa shape index (κ2) is 5.66. The topological polar surface area (TPSA) is 64.9 Å². The number of hydrogen-bond acceptors (Lipinski definition) is 3. The third kappa shape index (κ3) is 3.69. The summed E-state index contributed by atoms with van der Waals surface area (Å²) in [6.07, 6.45) is 0. The van der Waals surface area contributed by atoms with Crippen molar-refractivity contribution in [2.75, 3.05) is 18.4 Å². The zero-order valence-corrected chi connectivity index (χ0v) is 8.58. The first-order chi connectivity index (χ1) is 7.24. The third-order valence-electron chi connectivity index (χ3n) is 1.86. The van der Waals surface area contributed by atoms with Crippen molar-refractivity contribution in [1.82, 2.24) is 5.32 Å². The smallest absolute Gasteiger partial charge is 0.216 e. The maximum Gasteiger partial charge on any atom is 0.216 e. The number of para-hydroxylation sites is 1. The second-order valence-electron chi connectivity index (χ2n) is 3.07. The first-order valence-corrected chi connectivity index (χ1v) is 4.71. The van der Waals surface area contributed by atoms with Crippen LogP contribution in [-0.4, -0.2) is 19.0 Å². The van der Waals surface area contributed by atoms with Crippen molar-refractivity contribution in [3.8, 4) is 6.07 Å². The van der Waals surface area contributed by atoms with Crippen LogP contribution >= 0.6 is 0 Å². The second-order valence-corrected chi connectivity index (χ2v) is 3.07. The van der Waals surface area contributed by atoms with Crippen molar-refractivity contribution >= 4 is 11.6 Å². The van der Waals surface area contributed by atoms with Gasteiger partial charge in [-0.25, -0.2) is 0 Å². The minimum atomic E-state index is -0.0506. The molecule has 0 unspecified atom stereocenters. The molecule has 15 heavy (non-hydrogen) atoms. The van der Waals surface area contributed by atoms with Crippen LogP contribution in [0.1, 0.15) is 12.5 Å². The number of carbonyl (C=O) groups is 1. The van der Waals surface area contributed by atoms with E-state index in [0.717, 1.165) is 5.69 Å². The highest BCUT2D eigenvalue weighted by Gasteiger charge is 1.98. The van der Waals surface area contributed by atoms with Crippen LogP contribution in [0.15, 0.2) is 24.3 Å². The molecular weight excluding hydrogens is 190 g/mol. The summed E-state index contributed by atoms with van der Waals surface area (Å²) in [6, 6.07) is 9.37. The Bertz CT molecular complexity index is 382. The number of nitriles is 1. The molecule has 4 heteroatoms. The van der Waals surface area contributed by atoms with E-state index in [4.69, 9.17) is 5.26 Å². The van der Waals surface area contributed by atoms with Crippen LogP contribution in [0.3, 0.4) is 0 Å². The molecule has 0 spiro atoms. The molecule has 1 aromatic carbocycles. The fourth-order valence-corrected chi connectivity index (χ4v) is 1.17. The summed E-state index contributed by atoms with van der Waals surface area (Å²) in [6.45, 7) is 2.64. The molecule has 0 atom stereocenters. The largest absolute Gasteiger partial charge is 0.382 e. The molecule has 0 bridgehead atoms. The van der Waals surface area contributed by atoms with Gasteiger partial charge in [-0.05, 0) is 12.1 Å². The molecule has 78 valence electrons. The van der Waals surface area contributed by atoms with Gasteiger partial charge >= 0.3 is 0 Å². The molecule has 0 aromatic heterocycles. The zero-order valence-electron chi connectivity index (χ0n) is 8.58. The van der Waals surface area contributed by atoms with Gasteiger partial charge < -0.3 is 10.6 Å². The molecule has 0 fully saturated rings. The predicted octanol–water partition coefficient (Wildman–Crippen LogP) is 1.11. The van der Waals surface area contributed by atoms with Crippen molar-refractivity contribution in [1.29, 1.82) is 5.26 Å². The van der Waals surface area contributed by atoms with Gasteiger partial charge in [-0.2, -0.15) is 5.26 Å². The Balaban J connectivity index is 2.44. The zero-order chi connectivity index (χ0) is 11.1. The Hall–Kier alpha value is -2.02. The van der Waals surface area contributed by atoms with Gasteiger partial charge in [-0.15, -0.1) is 0 Å². The number of hydrogen-bond donors (Lipinski definition) is 2. The minimum absolute atomic E-state index is 0.0506. The Morgan fingerprint density at radius 2 is 2.13 bits per heavy atom. The van der Waals surface area contributed by atoms with Gasteiger partial charge in [0.25, 0.3) is 0 Å². The van der Waals surface area contributed by atoms with Crippen LogP contribution in [0.5, 0.6) is 0 Å². The molecule has 1 aromatic rings. The number of benzene rings is 1. The van der Waals surface area contributed by atoms with Crippen LogP contribution in [0, 0.1) is 11.3 Å². The molecule has 1 rings (SSSR count). The summed E-state index contributed by atoms with van der Waals surface area (Å²) >= 11 is 0. The third-order valence-corrected chi connectivity index (χ3v) is 1.86. The van der Waals surface area contributed by atoms with E-state index in [1.54, 1.807) is 6.07 Å². The van der Waals surface area contributed by atoms with E-state index in [2.05, 4.69) is 16.7 Å². The highest BCUT2D eigenvalue weighted by Crippen LogP contribution is 2.12. The van der Waals surface area contributed by atoms with E-state index >= 15 is 0 Å². The molecular formula is C11H13N3O. The quantitative estimate of drug-likeness (QED) is 0.720. The SMILES string of the molecule is CC(=O)NCCNc1ccccc1C#N. The summed E-state index contributed by atoms with van der Waals surface area (Å²) in [5.41, 5.74) is 1.41. The van der Waals surface area contributed by atoms with E-state index < -0.39 is 0 Å². The lowest BCUT2D eigenvalue weighted by molar-refractivity contribution is -0.118. The van der Waals surface area contributed by atoms with E-state index in [1.165, 1.54) is 6.92 Å². The molecule has 0 heterocycles. The maximum absolute atomic E-state index is 10.6. The summed E-state index contributed by atoms with van der Waals surface area (Å²) in [5.74, 6) is -0.0506. The average molecular weight is 203 g/mol. The van der Waals surface area contributed by atoms with Crippen LogP contribution in [0.2, 0.25) is 0 Å². The number of carbonyl (C=O) groups excluding carboxylic acids is 1. The first-order valence-electron chi connectivity index (χ1n) is 4.71. The van der Waals surface area contributed by atoms with E-state index in [0.29, 0.717) is 18.7 Å². The molecule has 0 aliphatic heterocycles. The normalized spacial score (nSPS) is 9.07.